The van der Waals surface area contributed by atoms with Crippen LogP contribution in [0.1, 0.15) is 35.9 Å². The summed E-state index contributed by atoms with van der Waals surface area (Å²) in [4.78, 5) is 16.2. The summed E-state index contributed by atoms with van der Waals surface area (Å²) in [6, 6.07) is 9.65. The fourth-order valence-electron chi connectivity index (χ4n) is 2.00. The maximum absolute atomic E-state index is 12.1. The SMILES string of the molecule is CCOC(=O)c1c(Br)nc(Cl)n1[C@H](C)c1ccccc1. The van der Waals surface area contributed by atoms with Crippen LogP contribution in [-0.2, 0) is 4.74 Å². The van der Waals surface area contributed by atoms with E-state index in [4.69, 9.17) is 16.3 Å². The Balaban J connectivity index is 2.48. The van der Waals surface area contributed by atoms with Crippen molar-refractivity contribution >= 4 is 33.5 Å². The molecule has 0 unspecified atom stereocenters. The summed E-state index contributed by atoms with van der Waals surface area (Å²) < 4.78 is 7.12. The third-order valence-corrected chi connectivity index (χ3v) is 3.78. The van der Waals surface area contributed by atoms with Crippen LogP contribution in [-0.4, -0.2) is 22.1 Å². The average molecular weight is 358 g/mol. The molecule has 1 heterocycles. The molecule has 2 rings (SSSR count). The zero-order valence-corrected chi connectivity index (χ0v) is 13.5. The second-order valence-corrected chi connectivity index (χ2v) is 5.29. The van der Waals surface area contributed by atoms with Gasteiger partial charge in [-0.2, -0.15) is 0 Å². The first kappa shape index (κ1) is 15.1. The molecule has 1 aromatic carbocycles. The molecule has 1 atom stereocenters. The van der Waals surface area contributed by atoms with Gasteiger partial charge in [0.1, 0.15) is 4.60 Å². The molecule has 0 aliphatic rings. The highest BCUT2D eigenvalue weighted by molar-refractivity contribution is 9.10. The zero-order valence-electron chi connectivity index (χ0n) is 11.1. The van der Waals surface area contributed by atoms with E-state index < -0.39 is 5.97 Å². The molecule has 2 aromatic rings. The van der Waals surface area contributed by atoms with Gasteiger partial charge in [0.15, 0.2) is 5.69 Å². The molecule has 0 N–H and O–H groups in total. The Morgan fingerprint density at radius 2 is 2.10 bits per heavy atom. The number of imidazole rings is 1. The van der Waals surface area contributed by atoms with E-state index in [1.807, 2.05) is 37.3 Å². The average Bonchev–Trinajstić information content (AvgIpc) is 2.74. The smallest absolute Gasteiger partial charge is 0.357 e. The van der Waals surface area contributed by atoms with Gasteiger partial charge in [-0.3, -0.25) is 0 Å². The quantitative estimate of drug-likeness (QED) is 0.774. The Labute approximate surface area is 130 Å². The van der Waals surface area contributed by atoms with Crippen LogP contribution in [0.15, 0.2) is 34.9 Å². The van der Waals surface area contributed by atoms with Gasteiger partial charge >= 0.3 is 5.97 Å². The van der Waals surface area contributed by atoms with Gasteiger partial charge in [0, 0.05) is 0 Å². The summed E-state index contributed by atoms with van der Waals surface area (Å²) in [5.74, 6) is -0.443. The lowest BCUT2D eigenvalue weighted by Gasteiger charge is -2.17. The van der Waals surface area contributed by atoms with Crippen LogP contribution in [0.2, 0.25) is 5.28 Å². The summed E-state index contributed by atoms with van der Waals surface area (Å²) in [7, 11) is 0. The predicted octanol–water partition coefficient (Wildman–Crippen LogP) is 4.09. The highest BCUT2D eigenvalue weighted by Crippen LogP contribution is 2.29. The van der Waals surface area contributed by atoms with Crippen molar-refractivity contribution in [3.8, 4) is 0 Å². The van der Waals surface area contributed by atoms with Crippen LogP contribution in [0.5, 0.6) is 0 Å². The van der Waals surface area contributed by atoms with Crippen molar-refractivity contribution in [2.24, 2.45) is 0 Å². The molecular formula is C14H14BrClN2O2. The zero-order chi connectivity index (χ0) is 14.7. The summed E-state index contributed by atoms with van der Waals surface area (Å²) in [6.45, 7) is 4.01. The molecule has 0 radical (unpaired) electrons. The number of ether oxygens (including phenoxy) is 1. The predicted molar refractivity (Wildman–Crippen MR) is 81.1 cm³/mol. The topological polar surface area (TPSA) is 44.1 Å². The standard InChI is InChI=1S/C14H14BrClN2O2/c1-3-20-13(19)11-12(15)17-14(16)18(11)9(2)10-7-5-4-6-8-10/h4-9H,3H2,1-2H3/t9-/m1/s1. The van der Waals surface area contributed by atoms with Crippen LogP contribution < -0.4 is 0 Å². The summed E-state index contributed by atoms with van der Waals surface area (Å²) in [5, 5.41) is 0.247. The number of esters is 1. The third kappa shape index (κ3) is 2.88. The van der Waals surface area contributed by atoms with E-state index in [0.29, 0.717) is 16.9 Å². The van der Waals surface area contributed by atoms with Crippen molar-refractivity contribution in [1.29, 1.82) is 0 Å². The first-order valence-corrected chi connectivity index (χ1v) is 7.38. The fraction of sp³-hybridized carbons (Fsp3) is 0.286. The number of rotatable bonds is 4. The molecule has 0 fully saturated rings. The van der Waals surface area contributed by atoms with E-state index in [2.05, 4.69) is 20.9 Å². The van der Waals surface area contributed by atoms with Crippen LogP contribution in [0, 0.1) is 0 Å². The molecule has 20 heavy (non-hydrogen) atoms. The van der Waals surface area contributed by atoms with Crippen molar-refractivity contribution in [3.63, 3.8) is 0 Å². The maximum atomic E-state index is 12.1. The highest BCUT2D eigenvalue weighted by atomic mass is 79.9. The lowest BCUT2D eigenvalue weighted by molar-refractivity contribution is 0.0511. The molecule has 0 spiro atoms. The second-order valence-electron chi connectivity index (χ2n) is 4.20. The van der Waals surface area contributed by atoms with Gasteiger partial charge in [-0.25, -0.2) is 9.78 Å². The summed E-state index contributed by atoms with van der Waals surface area (Å²) in [6.07, 6.45) is 0. The first-order valence-electron chi connectivity index (χ1n) is 6.21. The van der Waals surface area contributed by atoms with Crippen molar-refractivity contribution in [2.75, 3.05) is 6.61 Å². The molecular weight excluding hydrogens is 344 g/mol. The van der Waals surface area contributed by atoms with Crippen molar-refractivity contribution in [2.45, 2.75) is 19.9 Å². The Hall–Kier alpha value is -1.33. The number of hydrogen-bond acceptors (Lipinski definition) is 3. The van der Waals surface area contributed by atoms with Crippen molar-refractivity contribution < 1.29 is 9.53 Å². The van der Waals surface area contributed by atoms with Crippen LogP contribution in [0.25, 0.3) is 0 Å². The maximum Gasteiger partial charge on any atom is 0.357 e. The van der Waals surface area contributed by atoms with Gasteiger partial charge in [-0.15, -0.1) is 0 Å². The van der Waals surface area contributed by atoms with Crippen LogP contribution >= 0.6 is 27.5 Å². The van der Waals surface area contributed by atoms with Gasteiger partial charge in [0.2, 0.25) is 5.28 Å². The molecule has 0 amide bonds. The molecule has 1 aromatic heterocycles. The highest BCUT2D eigenvalue weighted by Gasteiger charge is 2.25. The van der Waals surface area contributed by atoms with Crippen LogP contribution in [0.3, 0.4) is 0 Å². The van der Waals surface area contributed by atoms with E-state index in [9.17, 15) is 4.79 Å². The minimum atomic E-state index is -0.443. The van der Waals surface area contributed by atoms with E-state index in [1.54, 1.807) is 11.5 Å². The number of aromatic nitrogens is 2. The first-order chi connectivity index (χ1) is 9.56. The van der Waals surface area contributed by atoms with Gasteiger partial charge in [-0.05, 0) is 46.9 Å². The van der Waals surface area contributed by atoms with E-state index in [0.717, 1.165) is 5.56 Å². The van der Waals surface area contributed by atoms with Crippen molar-refractivity contribution in [3.05, 3.63) is 51.5 Å². The number of benzene rings is 1. The molecule has 0 aliphatic carbocycles. The number of hydrogen-bond donors (Lipinski definition) is 0. The van der Waals surface area contributed by atoms with E-state index in [1.165, 1.54) is 0 Å². The van der Waals surface area contributed by atoms with Gasteiger partial charge < -0.3 is 9.30 Å². The molecule has 0 aliphatic heterocycles. The lowest BCUT2D eigenvalue weighted by Crippen LogP contribution is -2.16. The lowest BCUT2D eigenvalue weighted by atomic mass is 10.1. The normalized spacial score (nSPS) is 12.2. The van der Waals surface area contributed by atoms with Gasteiger partial charge in [0.05, 0.1) is 12.6 Å². The van der Waals surface area contributed by atoms with Crippen LogP contribution in [0.4, 0.5) is 0 Å². The molecule has 6 heteroatoms. The number of carbonyl (C=O) groups excluding carboxylic acids is 1. The van der Waals surface area contributed by atoms with Gasteiger partial charge in [0.25, 0.3) is 0 Å². The second kappa shape index (κ2) is 6.41. The summed E-state index contributed by atoms with van der Waals surface area (Å²) in [5.41, 5.74) is 1.36. The molecule has 4 nitrogen and oxygen atoms in total. The number of nitrogens with zero attached hydrogens (tertiary/aromatic N) is 2. The minimum Gasteiger partial charge on any atom is -0.461 e. The Kier molecular flexibility index (Phi) is 4.83. The largest absolute Gasteiger partial charge is 0.461 e. The monoisotopic (exact) mass is 356 g/mol. The molecule has 0 saturated carbocycles. The van der Waals surface area contributed by atoms with E-state index in [-0.39, 0.29) is 11.3 Å². The Morgan fingerprint density at radius 1 is 1.45 bits per heavy atom. The number of carbonyl (C=O) groups is 1. The number of halogens is 2. The van der Waals surface area contributed by atoms with Gasteiger partial charge in [-0.1, -0.05) is 30.3 Å². The minimum absolute atomic E-state index is 0.123. The fourth-order valence-corrected chi connectivity index (χ4v) is 2.93. The Bertz CT molecular complexity index is 613. The van der Waals surface area contributed by atoms with E-state index >= 15 is 0 Å². The van der Waals surface area contributed by atoms with Crippen molar-refractivity contribution in [1.82, 2.24) is 9.55 Å². The molecule has 0 saturated heterocycles. The molecule has 106 valence electrons. The summed E-state index contributed by atoms with van der Waals surface area (Å²) >= 11 is 9.42. The third-order valence-electron chi connectivity index (χ3n) is 2.96. The molecule has 0 bridgehead atoms. The Morgan fingerprint density at radius 3 is 2.70 bits per heavy atom.